The van der Waals surface area contributed by atoms with Gasteiger partial charge in [0.05, 0.1) is 12.4 Å². The highest BCUT2D eigenvalue weighted by molar-refractivity contribution is 6.30. The molecule has 20 heavy (non-hydrogen) atoms. The van der Waals surface area contributed by atoms with Crippen molar-refractivity contribution in [3.05, 3.63) is 47.5 Å². The molecular formula is C15H16ClN3O. The average molecular weight is 290 g/mol. The van der Waals surface area contributed by atoms with Crippen molar-refractivity contribution in [3.63, 3.8) is 0 Å². The van der Waals surface area contributed by atoms with E-state index in [-0.39, 0.29) is 0 Å². The quantitative estimate of drug-likeness (QED) is 0.939. The number of halogens is 1. The first-order valence-electron chi connectivity index (χ1n) is 6.77. The molecular weight excluding hydrogens is 274 g/mol. The smallest absolute Gasteiger partial charge is 0.164 e. The first-order valence-corrected chi connectivity index (χ1v) is 7.15. The van der Waals surface area contributed by atoms with E-state index >= 15 is 0 Å². The summed E-state index contributed by atoms with van der Waals surface area (Å²) >= 11 is 5.83. The minimum atomic E-state index is 0.512. The number of hydrogen-bond acceptors (Lipinski definition) is 4. The third kappa shape index (κ3) is 3.46. The number of hydrogen-bond donors (Lipinski definition) is 1. The zero-order chi connectivity index (χ0) is 13.8. The third-order valence-electron chi connectivity index (χ3n) is 3.32. The van der Waals surface area contributed by atoms with Gasteiger partial charge in [-0.05, 0) is 43.7 Å². The Morgan fingerprint density at radius 3 is 2.55 bits per heavy atom. The van der Waals surface area contributed by atoms with E-state index in [1.54, 1.807) is 24.5 Å². The van der Waals surface area contributed by atoms with Crippen molar-refractivity contribution in [2.75, 3.05) is 6.54 Å². The summed E-state index contributed by atoms with van der Waals surface area (Å²) in [5.41, 5.74) is 0. The van der Waals surface area contributed by atoms with Crippen molar-refractivity contribution >= 4 is 11.6 Å². The van der Waals surface area contributed by atoms with Gasteiger partial charge in [0.1, 0.15) is 11.6 Å². The lowest BCUT2D eigenvalue weighted by atomic mass is 10.1. The molecule has 4 nitrogen and oxygen atoms in total. The lowest BCUT2D eigenvalue weighted by Crippen LogP contribution is -2.24. The van der Waals surface area contributed by atoms with Gasteiger partial charge in [-0.25, -0.2) is 9.97 Å². The van der Waals surface area contributed by atoms with Crippen LogP contribution in [0.4, 0.5) is 0 Å². The minimum absolute atomic E-state index is 0.512. The largest absolute Gasteiger partial charge is 0.454 e. The van der Waals surface area contributed by atoms with Crippen molar-refractivity contribution in [3.8, 4) is 11.5 Å². The van der Waals surface area contributed by atoms with Gasteiger partial charge in [0.2, 0.25) is 0 Å². The van der Waals surface area contributed by atoms with Gasteiger partial charge >= 0.3 is 0 Å². The molecule has 0 bridgehead atoms. The molecule has 1 unspecified atom stereocenters. The molecule has 1 saturated heterocycles. The van der Waals surface area contributed by atoms with E-state index < -0.39 is 0 Å². The molecule has 1 aromatic heterocycles. The molecule has 0 amide bonds. The topological polar surface area (TPSA) is 47.0 Å². The third-order valence-corrected chi connectivity index (χ3v) is 3.57. The van der Waals surface area contributed by atoms with E-state index in [4.69, 9.17) is 16.3 Å². The first kappa shape index (κ1) is 13.3. The maximum atomic E-state index is 5.83. The molecule has 1 aromatic carbocycles. The van der Waals surface area contributed by atoms with E-state index in [2.05, 4.69) is 15.3 Å². The highest BCUT2D eigenvalue weighted by atomic mass is 35.5. The van der Waals surface area contributed by atoms with E-state index in [1.807, 2.05) is 12.1 Å². The van der Waals surface area contributed by atoms with Crippen molar-refractivity contribution < 1.29 is 4.74 Å². The second-order valence-corrected chi connectivity index (χ2v) is 5.32. The first-order chi connectivity index (χ1) is 9.79. The number of benzene rings is 1. The van der Waals surface area contributed by atoms with Crippen LogP contribution in [-0.4, -0.2) is 22.6 Å². The van der Waals surface area contributed by atoms with Crippen LogP contribution in [0.1, 0.15) is 18.7 Å². The second kappa shape index (κ2) is 6.20. The van der Waals surface area contributed by atoms with Crippen LogP contribution in [0.2, 0.25) is 5.02 Å². The Bertz CT molecular complexity index is 550. The Kier molecular flexibility index (Phi) is 4.14. The molecule has 1 atom stereocenters. The molecule has 1 aliphatic rings. The normalized spacial score (nSPS) is 18.1. The summed E-state index contributed by atoms with van der Waals surface area (Å²) in [5, 5.41) is 4.13. The molecule has 2 heterocycles. The fraction of sp³-hybridized carbons (Fsp3) is 0.333. The lowest BCUT2D eigenvalue weighted by Gasteiger charge is -2.09. The summed E-state index contributed by atoms with van der Waals surface area (Å²) in [6.07, 6.45) is 6.74. The number of nitrogens with one attached hydrogen (secondary N) is 1. The molecule has 3 rings (SSSR count). The van der Waals surface area contributed by atoms with E-state index in [9.17, 15) is 0 Å². The van der Waals surface area contributed by atoms with Crippen LogP contribution in [-0.2, 0) is 6.42 Å². The molecule has 1 fully saturated rings. The second-order valence-electron chi connectivity index (χ2n) is 4.89. The van der Waals surface area contributed by atoms with Crippen LogP contribution < -0.4 is 10.1 Å². The van der Waals surface area contributed by atoms with Crippen LogP contribution in [0.3, 0.4) is 0 Å². The summed E-state index contributed by atoms with van der Waals surface area (Å²) in [5.74, 6) is 2.21. The summed E-state index contributed by atoms with van der Waals surface area (Å²) in [6, 6.07) is 7.73. The Hall–Kier alpha value is -1.65. The number of rotatable bonds is 4. The zero-order valence-electron chi connectivity index (χ0n) is 11.1. The van der Waals surface area contributed by atoms with Crippen molar-refractivity contribution in [1.82, 2.24) is 15.3 Å². The predicted octanol–water partition coefficient (Wildman–Crippen LogP) is 3.22. The fourth-order valence-electron chi connectivity index (χ4n) is 2.29. The van der Waals surface area contributed by atoms with Crippen molar-refractivity contribution in [1.29, 1.82) is 0 Å². The van der Waals surface area contributed by atoms with Gasteiger partial charge in [0.25, 0.3) is 0 Å². The maximum Gasteiger partial charge on any atom is 0.164 e. The Labute approximate surface area is 123 Å². The van der Waals surface area contributed by atoms with Gasteiger partial charge < -0.3 is 10.1 Å². The highest BCUT2D eigenvalue weighted by Crippen LogP contribution is 2.22. The van der Waals surface area contributed by atoms with Gasteiger partial charge in [-0.15, -0.1) is 0 Å². The van der Waals surface area contributed by atoms with Crippen LogP contribution in [0.25, 0.3) is 0 Å². The number of nitrogens with zero attached hydrogens (tertiary/aromatic N) is 2. The van der Waals surface area contributed by atoms with Crippen LogP contribution in [0.15, 0.2) is 36.7 Å². The molecule has 0 radical (unpaired) electrons. The molecule has 2 aromatic rings. The molecule has 0 saturated carbocycles. The van der Waals surface area contributed by atoms with Crippen LogP contribution in [0.5, 0.6) is 11.5 Å². The van der Waals surface area contributed by atoms with Crippen LogP contribution >= 0.6 is 11.6 Å². The average Bonchev–Trinajstić information content (AvgIpc) is 2.96. The Morgan fingerprint density at radius 2 is 1.90 bits per heavy atom. The zero-order valence-corrected chi connectivity index (χ0v) is 11.8. The SMILES string of the molecule is Clc1ccc(Oc2cnc(CC3CCCN3)nc2)cc1. The van der Waals surface area contributed by atoms with Gasteiger partial charge in [-0.1, -0.05) is 11.6 Å². The lowest BCUT2D eigenvalue weighted by molar-refractivity contribution is 0.475. The number of ether oxygens (including phenoxy) is 1. The van der Waals surface area contributed by atoms with Gasteiger partial charge in [0, 0.05) is 17.5 Å². The van der Waals surface area contributed by atoms with E-state index in [0.29, 0.717) is 16.8 Å². The van der Waals surface area contributed by atoms with E-state index in [1.165, 1.54) is 12.8 Å². The molecule has 104 valence electrons. The van der Waals surface area contributed by atoms with Crippen molar-refractivity contribution in [2.24, 2.45) is 0 Å². The van der Waals surface area contributed by atoms with Crippen molar-refractivity contribution in [2.45, 2.75) is 25.3 Å². The minimum Gasteiger partial charge on any atom is -0.454 e. The standard InChI is InChI=1S/C15H16ClN3O/c16-11-3-5-13(6-4-11)20-14-9-18-15(19-10-14)8-12-2-1-7-17-12/h3-6,9-10,12,17H,1-2,7-8H2. The summed E-state index contributed by atoms with van der Waals surface area (Å²) in [7, 11) is 0. The van der Waals surface area contributed by atoms with Gasteiger partial charge in [0.15, 0.2) is 5.75 Å². The van der Waals surface area contributed by atoms with Gasteiger partial charge in [-0.3, -0.25) is 0 Å². The monoisotopic (exact) mass is 289 g/mol. The summed E-state index contributed by atoms with van der Waals surface area (Å²) in [4.78, 5) is 8.71. The maximum absolute atomic E-state index is 5.83. The predicted molar refractivity (Wildman–Crippen MR) is 78.3 cm³/mol. The molecule has 1 N–H and O–H groups in total. The highest BCUT2D eigenvalue weighted by Gasteiger charge is 2.15. The Morgan fingerprint density at radius 1 is 1.15 bits per heavy atom. The summed E-state index contributed by atoms with van der Waals surface area (Å²) in [6.45, 7) is 1.10. The summed E-state index contributed by atoms with van der Waals surface area (Å²) < 4.78 is 5.66. The van der Waals surface area contributed by atoms with Crippen LogP contribution in [0, 0.1) is 0 Å². The number of aromatic nitrogens is 2. The molecule has 1 aliphatic heterocycles. The fourth-order valence-corrected chi connectivity index (χ4v) is 2.42. The van der Waals surface area contributed by atoms with E-state index in [0.717, 1.165) is 24.5 Å². The molecule has 0 spiro atoms. The molecule has 0 aliphatic carbocycles. The van der Waals surface area contributed by atoms with Gasteiger partial charge in [-0.2, -0.15) is 0 Å². The Balaban J connectivity index is 1.62. The molecule has 5 heteroatoms.